The molecule has 1 fully saturated rings. The molecule has 0 saturated carbocycles. The molecule has 1 N–H and O–H groups in total. The summed E-state index contributed by atoms with van der Waals surface area (Å²) in [6.07, 6.45) is 2.08. The minimum atomic E-state index is -0.608. The van der Waals surface area contributed by atoms with Crippen LogP contribution < -0.4 is 10.2 Å². The van der Waals surface area contributed by atoms with Crippen molar-refractivity contribution in [1.82, 2.24) is 4.98 Å². The zero-order valence-corrected chi connectivity index (χ0v) is 17.7. The Kier molecular flexibility index (Phi) is 6.30. The number of para-hydroxylation sites is 1. The lowest BCUT2D eigenvalue weighted by Crippen LogP contribution is -2.25. The molecule has 4 rings (SSSR count). The lowest BCUT2D eigenvalue weighted by molar-refractivity contribution is -0.119. The number of hydrogen-bond acceptors (Lipinski definition) is 7. The molecule has 2 aromatic carbocycles. The van der Waals surface area contributed by atoms with Gasteiger partial charge >= 0.3 is 11.9 Å². The van der Waals surface area contributed by atoms with Gasteiger partial charge in [0.15, 0.2) is 6.61 Å². The van der Waals surface area contributed by atoms with E-state index in [0.29, 0.717) is 22.6 Å². The van der Waals surface area contributed by atoms with Gasteiger partial charge in [-0.1, -0.05) is 24.3 Å². The molecule has 8 nitrogen and oxygen atoms in total. The van der Waals surface area contributed by atoms with E-state index >= 15 is 0 Å². The summed E-state index contributed by atoms with van der Waals surface area (Å²) in [6, 6.07) is 15.6. The van der Waals surface area contributed by atoms with Crippen molar-refractivity contribution in [1.29, 1.82) is 0 Å². The van der Waals surface area contributed by atoms with Gasteiger partial charge in [0.05, 0.1) is 18.2 Å². The zero-order valence-electron chi connectivity index (χ0n) is 17.7. The van der Waals surface area contributed by atoms with E-state index in [9.17, 15) is 14.4 Å². The zero-order chi connectivity index (χ0) is 22.5. The Morgan fingerprint density at radius 3 is 2.56 bits per heavy atom. The quantitative estimate of drug-likeness (QED) is 0.595. The summed E-state index contributed by atoms with van der Waals surface area (Å²) >= 11 is 0. The number of rotatable bonds is 6. The molecular weight excluding hydrogens is 410 g/mol. The second-order valence-corrected chi connectivity index (χ2v) is 7.44. The summed E-state index contributed by atoms with van der Waals surface area (Å²) in [5, 5.41) is 3.44. The lowest BCUT2D eigenvalue weighted by Gasteiger charge is -2.20. The van der Waals surface area contributed by atoms with Gasteiger partial charge in [0, 0.05) is 24.2 Å². The van der Waals surface area contributed by atoms with Crippen LogP contribution in [-0.2, 0) is 14.3 Å². The molecule has 0 unspecified atom stereocenters. The smallest absolute Gasteiger partial charge is 0.342 e. The van der Waals surface area contributed by atoms with Crippen LogP contribution >= 0.6 is 0 Å². The predicted molar refractivity (Wildman–Crippen MR) is 120 cm³/mol. The Balaban J connectivity index is 1.47. The number of benzene rings is 2. The number of ether oxygens (including phenoxy) is 2. The van der Waals surface area contributed by atoms with Gasteiger partial charge in [0.2, 0.25) is 0 Å². The topological polar surface area (TPSA) is 97.8 Å². The molecule has 8 heteroatoms. The highest BCUT2D eigenvalue weighted by Gasteiger charge is 2.23. The molecule has 0 bridgehead atoms. The lowest BCUT2D eigenvalue weighted by atomic mass is 10.1. The van der Waals surface area contributed by atoms with Gasteiger partial charge in [0.1, 0.15) is 11.4 Å². The second kappa shape index (κ2) is 9.47. The van der Waals surface area contributed by atoms with Crippen LogP contribution in [0.4, 0.5) is 11.5 Å². The summed E-state index contributed by atoms with van der Waals surface area (Å²) in [7, 11) is 1.28. The van der Waals surface area contributed by atoms with Crippen molar-refractivity contribution >= 4 is 40.3 Å². The van der Waals surface area contributed by atoms with Crippen LogP contribution in [0.5, 0.6) is 0 Å². The van der Waals surface area contributed by atoms with Crippen molar-refractivity contribution in [3.8, 4) is 0 Å². The number of fused-ring (bicyclic) bond motifs is 1. The van der Waals surface area contributed by atoms with E-state index in [4.69, 9.17) is 4.74 Å². The SMILES string of the molecule is COC(=O)c1cccc(NC(=O)COC(=O)c2cc3ccccc3nc2N2CCCC2)c1. The van der Waals surface area contributed by atoms with Gasteiger partial charge in [-0.3, -0.25) is 4.79 Å². The Morgan fingerprint density at radius 1 is 1.00 bits per heavy atom. The van der Waals surface area contributed by atoms with Gasteiger partial charge in [-0.2, -0.15) is 0 Å². The van der Waals surface area contributed by atoms with E-state index in [2.05, 4.69) is 19.9 Å². The highest BCUT2D eigenvalue weighted by molar-refractivity contribution is 6.01. The molecule has 0 aliphatic carbocycles. The van der Waals surface area contributed by atoms with Gasteiger partial charge in [-0.15, -0.1) is 0 Å². The molecule has 32 heavy (non-hydrogen) atoms. The number of anilines is 2. The molecule has 164 valence electrons. The number of carbonyl (C=O) groups excluding carboxylic acids is 3. The molecule has 1 amide bonds. The first-order valence-electron chi connectivity index (χ1n) is 10.4. The number of hydrogen-bond donors (Lipinski definition) is 1. The molecule has 2 heterocycles. The van der Waals surface area contributed by atoms with Crippen molar-refractivity contribution in [2.24, 2.45) is 0 Å². The summed E-state index contributed by atoms with van der Waals surface area (Å²) in [5.74, 6) is -1.05. The van der Waals surface area contributed by atoms with Crippen LogP contribution in [0.3, 0.4) is 0 Å². The van der Waals surface area contributed by atoms with Gasteiger partial charge in [0.25, 0.3) is 5.91 Å². The number of aromatic nitrogens is 1. The minimum Gasteiger partial charge on any atom is -0.465 e. The van der Waals surface area contributed by atoms with E-state index < -0.39 is 24.5 Å². The summed E-state index contributed by atoms with van der Waals surface area (Å²) in [6.45, 7) is 1.18. The van der Waals surface area contributed by atoms with E-state index in [1.807, 2.05) is 24.3 Å². The summed E-state index contributed by atoms with van der Waals surface area (Å²) in [5.41, 5.74) is 1.85. The minimum absolute atomic E-state index is 0.305. The third kappa shape index (κ3) is 4.69. The van der Waals surface area contributed by atoms with Crippen LogP contribution in [0.2, 0.25) is 0 Å². The van der Waals surface area contributed by atoms with Gasteiger partial charge in [-0.25, -0.2) is 14.6 Å². The maximum absolute atomic E-state index is 12.9. The predicted octanol–water partition coefficient (Wildman–Crippen LogP) is 3.42. The van der Waals surface area contributed by atoms with Crippen LogP contribution in [0.15, 0.2) is 54.6 Å². The molecule has 0 spiro atoms. The Morgan fingerprint density at radius 2 is 1.78 bits per heavy atom. The fraction of sp³-hybridized carbons (Fsp3) is 0.250. The summed E-state index contributed by atoms with van der Waals surface area (Å²) < 4.78 is 9.98. The standard InChI is InChI=1S/C24H23N3O5/c1-31-23(29)17-8-6-9-18(13-17)25-21(28)15-32-24(30)19-14-16-7-2-3-10-20(16)26-22(19)27-11-4-5-12-27/h2-3,6-10,13-14H,4-5,11-12,15H2,1H3,(H,25,28). The van der Waals surface area contributed by atoms with Crippen molar-refractivity contribution in [2.75, 3.05) is 37.0 Å². The maximum atomic E-state index is 12.9. The Labute approximate surface area is 185 Å². The molecule has 1 aliphatic heterocycles. The third-order valence-corrected chi connectivity index (χ3v) is 5.23. The Hall–Kier alpha value is -3.94. The fourth-order valence-corrected chi connectivity index (χ4v) is 3.67. The molecular formula is C24H23N3O5. The number of amides is 1. The van der Waals surface area contributed by atoms with Crippen molar-refractivity contribution in [3.05, 3.63) is 65.7 Å². The van der Waals surface area contributed by atoms with Crippen molar-refractivity contribution in [3.63, 3.8) is 0 Å². The molecule has 1 aromatic heterocycles. The van der Waals surface area contributed by atoms with Crippen LogP contribution in [0.1, 0.15) is 33.6 Å². The van der Waals surface area contributed by atoms with Crippen molar-refractivity contribution < 1.29 is 23.9 Å². The molecule has 0 radical (unpaired) electrons. The van der Waals surface area contributed by atoms with Crippen LogP contribution in [0.25, 0.3) is 10.9 Å². The van der Waals surface area contributed by atoms with E-state index in [-0.39, 0.29) is 0 Å². The first-order chi connectivity index (χ1) is 15.5. The van der Waals surface area contributed by atoms with Crippen LogP contribution in [-0.4, -0.2) is 49.6 Å². The van der Waals surface area contributed by atoms with E-state index in [0.717, 1.165) is 36.8 Å². The number of methoxy groups -OCH3 is 1. The normalized spacial score (nSPS) is 13.1. The highest BCUT2D eigenvalue weighted by atomic mass is 16.5. The second-order valence-electron chi connectivity index (χ2n) is 7.44. The fourth-order valence-electron chi connectivity index (χ4n) is 3.67. The first kappa shape index (κ1) is 21.3. The summed E-state index contributed by atoms with van der Waals surface area (Å²) in [4.78, 5) is 43.6. The highest BCUT2D eigenvalue weighted by Crippen LogP contribution is 2.27. The first-order valence-corrected chi connectivity index (χ1v) is 10.4. The molecule has 1 saturated heterocycles. The molecule has 1 aliphatic rings. The van der Waals surface area contributed by atoms with Gasteiger partial charge < -0.3 is 19.7 Å². The Bertz CT molecular complexity index is 1170. The average molecular weight is 433 g/mol. The third-order valence-electron chi connectivity index (χ3n) is 5.23. The number of pyridine rings is 1. The molecule has 3 aromatic rings. The number of esters is 2. The maximum Gasteiger partial charge on any atom is 0.342 e. The van der Waals surface area contributed by atoms with Gasteiger partial charge in [-0.05, 0) is 43.2 Å². The number of nitrogens with one attached hydrogen (secondary N) is 1. The average Bonchev–Trinajstić information content (AvgIpc) is 3.36. The molecule has 0 atom stereocenters. The monoisotopic (exact) mass is 433 g/mol. The van der Waals surface area contributed by atoms with E-state index in [1.54, 1.807) is 24.3 Å². The van der Waals surface area contributed by atoms with Crippen molar-refractivity contribution in [2.45, 2.75) is 12.8 Å². The number of carbonyl (C=O) groups is 3. The number of nitrogens with zero attached hydrogens (tertiary/aromatic N) is 2. The van der Waals surface area contributed by atoms with E-state index in [1.165, 1.54) is 13.2 Å². The van der Waals surface area contributed by atoms with Crippen LogP contribution in [0, 0.1) is 0 Å². The largest absolute Gasteiger partial charge is 0.465 e.